The third-order valence-electron chi connectivity index (χ3n) is 2.27. The number of hydrogen-bond acceptors (Lipinski definition) is 2. The van der Waals surface area contributed by atoms with Crippen LogP contribution in [0.1, 0.15) is 5.56 Å². The predicted molar refractivity (Wildman–Crippen MR) is 54.8 cm³/mol. The molecule has 76 valence electrons. The van der Waals surface area contributed by atoms with Crippen molar-refractivity contribution in [3.8, 4) is 0 Å². The number of nitrogens with zero attached hydrogens (tertiary/aromatic N) is 1. The zero-order chi connectivity index (χ0) is 10.2. The van der Waals surface area contributed by atoms with Gasteiger partial charge in [0.2, 0.25) is 10.0 Å². The molecule has 5 heteroatoms. The van der Waals surface area contributed by atoms with Crippen LogP contribution in [0.25, 0.3) is 0 Å². The molecule has 0 radical (unpaired) electrons. The summed E-state index contributed by atoms with van der Waals surface area (Å²) < 4.78 is 25.1. The minimum atomic E-state index is -3.26. The minimum absolute atomic E-state index is 0.327. The van der Waals surface area contributed by atoms with Gasteiger partial charge in [-0.25, -0.2) is 8.42 Å². The van der Waals surface area contributed by atoms with Crippen molar-refractivity contribution in [3.63, 3.8) is 0 Å². The highest BCUT2D eigenvalue weighted by atomic mass is 35.5. The van der Waals surface area contributed by atoms with Gasteiger partial charge < -0.3 is 0 Å². The normalized spacial score (nSPS) is 19.5. The van der Waals surface area contributed by atoms with Gasteiger partial charge in [0, 0.05) is 19.0 Å². The highest BCUT2D eigenvalue weighted by Crippen LogP contribution is 2.29. The molecule has 0 aliphatic carbocycles. The summed E-state index contributed by atoms with van der Waals surface area (Å²) in [6, 6.07) is 7.05. The van der Waals surface area contributed by atoms with Gasteiger partial charge in [0.15, 0.2) is 0 Å². The molecule has 0 fully saturated rings. The molecule has 1 aliphatic rings. The summed E-state index contributed by atoms with van der Waals surface area (Å²) in [6.07, 6.45) is 0. The third kappa shape index (κ3) is 1.43. The first kappa shape index (κ1) is 9.96. The second kappa shape index (κ2) is 3.53. The zero-order valence-corrected chi connectivity index (χ0v) is 9.05. The Morgan fingerprint density at radius 3 is 2.71 bits per heavy atom. The minimum Gasteiger partial charge on any atom is -0.207 e. The van der Waals surface area contributed by atoms with E-state index >= 15 is 0 Å². The van der Waals surface area contributed by atoms with Crippen molar-refractivity contribution in [2.75, 3.05) is 12.4 Å². The summed E-state index contributed by atoms with van der Waals surface area (Å²) >= 11 is 5.55. The van der Waals surface area contributed by atoms with Crippen molar-refractivity contribution >= 4 is 21.6 Å². The van der Waals surface area contributed by atoms with Crippen LogP contribution in [-0.4, -0.2) is 25.1 Å². The fourth-order valence-corrected chi connectivity index (χ4v) is 3.53. The van der Waals surface area contributed by atoms with Gasteiger partial charge in [-0.05, 0) is 11.6 Å². The van der Waals surface area contributed by atoms with E-state index in [1.165, 1.54) is 4.31 Å². The topological polar surface area (TPSA) is 37.4 Å². The lowest BCUT2D eigenvalue weighted by Gasteiger charge is -2.11. The predicted octanol–water partition coefficient (Wildman–Crippen LogP) is 1.43. The molecule has 0 spiro atoms. The number of rotatable bonds is 2. The van der Waals surface area contributed by atoms with Crippen LogP contribution in [0.3, 0.4) is 0 Å². The lowest BCUT2D eigenvalue weighted by atomic mass is 10.2. The second-order valence-corrected chi connectivity index (χ2v) is 5.42. The standard InChI is InChI=1S/C9H10ClNO2S/c10-5-6-11-7-8-3-1-2-4-9(8)14(11,12)13/h1-4H,5-7H2. The van der Waals surface area contributed by atoms with Crippen LogP contribution >= 0.6 is 11.6 Å². The molecule has 0 atom stereocenters. The molecule has 3 nitrogen and oxygen atoms in total. The van der Waals surface area contributed by atoms with Crippen LogP contribution in [0, 0.1) is 0 Å². The first-order chi connectivity index (χ1) is 6.66. The number of alkyl halides is 1. The molecule has 1 heterocycles. The Labute approximate surface area is 88.3 Å². The molecule has 2 rings (SSSR count). The maximum absolute atomic E-state index is 11.8. The van der Waals surface area contributed by atoms with Crippen molar-refractivity contribution in [2.45, 2.75) is 11.4 Å². The number of halogens is 1. The summed E-state index contributed by atoms with van der Waals surface area (Å²) in [6.45, 7) is 0.823. The van der Waals surface area contributed by atoms with E-state index in [0.29, 0.717) is 23.9 Å². The largest absolute Gasteiger partial charge is 0.243 e. The van der Waals surface area contributed by atoms with Crippen LogP contribution in [0.4, 0.5) is 0 Å². The van der Waals surface area contributed by atoms with Gasteiger partial charge >= 0.3 is 0 Å². The quantitative estimate of drug-likeness (QED) is 0.723. The summed E-state index contributed by atoms with van der Waals surface area (Å²) in [7, 11) is -3.26. The zero-order valence-electron chi connectivity index (χ0n) is 7.48. The van der Waals surface area contributed by atoms with Crippen molar-refractivity contribution in [2.24, 2.45) is 0 Å². The Bertz CT molecular complexity index is 444. The molecular weight excluding hydrogens is 222 g/mol. The molecular formula is C9H10ClNO2S. The van der Waals surface area contributed by atoms with Crippen LogP contribution < -0.4 is 0 Å². The molecule has 1 aromatic carbocycles. The van der Waals surface area contributed by atoms with Crippen molar-refractivity contribution in [3.05, 3.63) is 29.8 Å². The fourth-order valence-electron chi connectivity index (χ4n) is 1.59. The smallest absolute Gasteiger partial charge is 0.207 e. The third-order valence-corrected chi connectivity index (χ3v) is 4.39. The van der Waals surface area contributed by atoms with Gasteiger partial charge in [-0.3, -0.25) is 0 Å². The Morgan fingerprint density at radius 2 is 2.07 bits per heavy atom. The first-order valence-corrected chi connectivity index (χ1v) is 6.28. The van der Waals surface area contributed by atoms with Crippen molar-refractivity contribution < 1.29 is 8.42 Å². The van der Waals surface area contributed by atoms with E-state index in [2.05, 4.69) is 0 Å². The molecule has 0 saturated heterocycles. The Hall–Kier alpha value is -0.580. The maximum atomic E-state index is 11.8. The van der Waals surface area contributed by atoms with Gasteiger partial charge in [0.05, 0.1) is 4.90 Å². The van der Waals surface area contributed by atoms with Gasteiger partial charge in [0.25, 0.3) is 0 Å². The van der Waals surface area contributed by atoms with Crippen LogP contribution in [-0.2, 0) is 16.6 Å². The molecule has 0 bridgehead atoms. The summed E-state index contributed by atoms with van der Waals surface area (Å²) in [5, 5.41) is 0. The summed E-state index contributed by atoms with van der Waals surface area (Å²) in [5.74, 6) is 0.327. The lowest BCUT2D eigenvalue weighted by Crippen LogP contribution is -2.26. The molecule has 1 aliphatic heterocycles. The van der Waals surface area contributed by atoms with Crippen LogP contribution in [0.5, 0.6) is 0 Å². The van der Waals surface area contributed by atoms with E-state index in [1.807, 2.05) is 12.1 Å². The van der Waals surface area contributed by atoms with Crippen molar-refractivity contribution in [1.82, 2.24) is 4.31 Å². The van der Waals surface area contributed by atoms with E-state index in [4.69, 9.17) is 11.6 Å². The Kier molecular flexibility index (Phi) is 2.51. The highest BCUT2D eigenvalue weighted by molar-refractivity contribution is 7.89. The molecule has 14 heavy (non-hydrogen) atoms. The molecule has 0 aromatic heterocycles. The number of hydrogen-bond donors (Lipinski definition) is 0. The summed E-state index contributed by atoms with van der Waals surface area (Å²) in [5.41, 5.74) is 0.859. The Morgan fingerprint density at radius 1 is 1.36 bits per heavy atom. The van der Waals surface area contributed by atoms with E-state index in [9.17, 15) is 8.42 Å². The molecule has 0 saturated carbocycles. The van der Waals surface area contributed by atoms with Gasteiger partial charge in [-0.1, -0.05) is 18.2 Å². The molecule has 0 unspecified atom stereocenters. The van der Waals surface area contributed by atoms with E-state index in [1.54, 1.807) is 12.1 Å². The monoisotopic (exact) mass is 231 g/mol. The van der Waals surface area contributed by atoms with Crippen molar-refractivity contribution in [1.29, 1.82) is 0 Å². The number of benzene rings is 1. The van der Waals surface area contributed by atoms with Crippen LogP contribution in [0.15, 0.2) is 29.2 Å². The number of fused-ring (bicyclic) bond motifs is 1. The SMILES string of the molecule is O=S1(=O)c2ccccc2CN1CCCl. The highest BCUT2D eigenvalue weighted by Gasteiger charge is 2.33. The maximum Gasteiger partial charge on any atom is 0.243 e. The lowest BCUT2D eigenvalue weighted by molar-refractivity contribution is 0.445. The van der Waals surface area contributed by atoms with E-state index in [-0.39, 0.29) is 0 Å². The van der Waals surface area contributed by atoms with Gasteiger partial charge in [-0.2, -0.15) is 4.31 Å². The first-order valence-electron chi connectivity index (χ1n) is 4.30. The average molecular weight is 232 g/mol. The van der Waals surface area contributed by atoms with Gasteiger partial charge in [0.1, 0.15) is 0 Å². The summed E-state index contributed by atoms with van der Waals surface area (Å²) in [4.78, 5) is 0.421. The van der Waals surface area contributed by atoms with E-state index < -0.39 is 10.0 Å². The second-order valence-electron chi connectivity index (χ2n) is 3.14. The molecule has 0 N–H and O–H groups in total. The van der Waals surface area contributed by atoms with E-state index in [0.717, 1.165) is 5.56 Å². The van der Waals surface area contributed by atoms with Crippen LogP contribution in [0.2, 0.25) is 0 Å². The number of sulfonamides is 1. The molecule has 0 amide bonds. The molecule has 1 aromatic rings. The average Bonchev–Trinajstić information content (AvgIpc) is 2.41. The van der Waals surface area contributed by atoms with Gasteiger partial charge in [-0.15, -0.1) is 11.6 Å². The Balaban J connectivity index is 2.46. The fraction of sp³-hybridized carbons (Fsp3) is 0.333.